The number of halogens is 1. The molecule has 6 heteroatoms. The zero-order valence-electron chi connectivity index (χ0n) is 14.2. The van der Waals surface area contributed by atoms with Crippen LogP contribution < -0.4 is 5.32 Å². The van der Waals surface area contributed by atoms with Gasteiger partial charge in [0.15, 0.2) is 0 Å². The first-order valence-electron chi connectivity index (χ1n) is 8.38. The van der Waals surface area contributed by atoms with Crippen molar-refractivity contribution in [2.45, 2.75) is 33.1 Å². The molecular formula is C19H20ClNO3S. The number of thiophene rings is 1. The third-order valence-electron chi connectivity index (χ3n) is 4.31. The Morgan fingerprint density at radius 2 is 2.20 bits per heavy atom. The van der Waals surface area contributed by atoms with Crippen LogP contribution in [0.5, 0.6) is 0 Å². The minimum Gasteiger partial charge on any atom is -0.462 e. The maximum Gasteiger partial charge on any atom is 0.341 e. The third kappa shape index (κ3) is 3.88. The van der Waals surface area contributed by atoms with Gasteiger partial charge in [0.05, 0.1) is 12.2 Å². The molecule has 0 fully saturated rings. The average Bonchev–Trinajstić information content (AvgIpc) is 2.91. The summed E-state index contributed by atoms with van der Waals surface area (Å²) in [7, 11) is 0. The zero-order valence-corrected chi connectivity index (χ0v) is 15.8. The van der Waals surface area contributed by atoms with E-state index < -0.39 is 0 Å². The van der Waals surface area contributed by atoms with E-state index in [-0.39, 0.29) is 11.9 Å². The van der Waals surface area contributed by atoms with Crippen molar-refractivity contribution in [3.63, 3.8) is 0 Å². The fourth-order valence-corrected chi connectivity index (χ4v) is 4.65. The number of ether oxygens (including phenoxy) is 1. The van der Waals surface area contributed by atoms with E-state index in [1.165, 1.54) is 16.2 Å². The molecule has 0 radical (unpaired) electrons. The largest absolute Gasteiger partial charge is 0.462 e. The molecule has 1 heterocycles. The number of esters is 1. The van der Waals surface area contributed by atoms with Gasteiger partial charge in [0.2, 0.25) is 0 Å². The maximum atomic E-state index is 12.6. The molecule has 0 saturated carbocycles. The summed E-state index contributed by atoms with van der Waals surface area (Å²) in [5, 5.41) is 3.96. The highest BCUT2D eigenvalue weighted by atomic mass is 35.5. The van der Waals surface area contributed by atoms with Crippen LogP contribution in [-0.4, -0.2) is 18.5 Å². The summed E-state index contributed by atoms with van der Waals surface area (Å²) in [5.74, 6) is -0.0617. The molecule has 0 spiro atoms. The first-order valence-corrected chi connectivity index (χ1v) is 9.57. The van der Waals surface area contributed by atoms with E-state index in [2.05, 4.69) is 12.2 Å². The Hall–Kier alpha value is -1.85. The first-order chi connectivity index (χ1) is 12.0. The van der Waals surface area contributed by atoms with Gasteiger partial charge in [-0.1, -0.05) is 24.6 Å². The molecule has 1 amide bonds. The lowest BCUT2D eigenvalue weighted by atomic mass is 9.88. The predicted molar refractivity (Wildman–Crippen MR) is 101 cm³/mol. The summed E-state index contributed by atoms with van der Waals surface area (Å²) in [6.45, 7) is 4.29. The van der Waals surface area contributed by atoms with Crippen LogP contribution in [0.3, 0.4) is 0 Å². The van der Waals surface area contributed by atoms with E-state index in [4.69, 9.17) is 16.3 Å². The van der Waals surface area contributed by atoms with Crippen molar-refractivity contribution >= 4 is 39.8 Å². The molecule has 2 aromatic rings. The molecule has 1 aliphatic rings. The fourth-order valence-electron chi connectivity index (χ4n) is 3.06. The number of carbonyl (C=O) groups excluding carboxylic acids is 2. The van der Waals surface area contributed by atoms with E-state index in [1.807, 2.05) is 0 Å². The summed E-state index contributed by atoms with van der Waals surface area (Å²) in [5.41, 5.74) is 2.01. The highest BCUT2D eigenvalue weighted by molar-refractivity contribution is 7.17. The molecule has 1 atom stereocenters. The monoisotopic (exact) mass is 377 g/mol. The topological polar surface area (TPSA) is 55.4 Å². The number of fused-ring (bicyclic) bond motifs is 1. The van der Waals surface area contributed by atoms with Gasteiger partial charge in [-0.3, -0.25) is 4.79 Å². The van der Waals surface area contributed by atoms with Crippen LogP contribution in [0.4, 0.5) is 5.00 Å². The summed E-state index contributed by atoms with van der Waals surface area (Å²) >= 11 is 7.44. The lowest BCUT2D eigenvalue weighted by Crippen LogP contribution is -2.16. The number of hydrogen-bond acceptors (Lipinski definition) is 4. The number of benzene rings is 1. The number of hydrogen-bond donors (Lipinski definition) is 1. The van der Waals surface area contributed by atoms with Crippen LogP contribution in [-0.2, 0) is 17.6 Å². The molecule has 0 saturated heterocycles. The van der Waals surface area contributed by atoms with Gasteiger partial charge in [-0.05, 0) is 55.9 Å². The summed E-state index contributed by atoms with van der Waals surface area (Å²) in [6.07, 6.45) is 2.81. The van der Waals surface area contributed by atoms with Gasteiger partial charge in [0, 0.05) is 15.5 Å². The number of carbonyl (C=O) groups is 2. The van der Waals surface area contributed by atoms with Crippen molar-refractivity contribution in [3.05, 3.63) is 50.9 Å². The smallest absolute Gasteiger partial charge is 0.341 e. The van der Waals surface area contributed by atoms with Gasteiger partial charge in [0.25, 0.3) is 5.91 Å². The van der Waals surface area contributed by atoms with Crippen molar-refractivity contribution < 1.29 is 14.3 Å². The second kappa shape index (κ2) is 7.58. The van der Waals surface area contributed by atoms with Crippen molar-refractivity contribution in [3.8, 4) is 0 Å². The molecule has 25 heavy (non-hydrogen) atoms. The lowest BCUT2D eigenvalue weighted by Gasteiger charge is -2.18. The van der Waals surface area contributed by atoms with E-state index in [1.54, 1.807) is 31.2 Å². The standard InChI is InChI=1S/C19H20ClNO3S/c1-3-24-19(23)16-14-8-7-11(2)9-15(14)25-18(16)21-17(22)12-5-4-6-13(20)10-12/h4-6,10-11H,3,7-9H2,1-2H3,(H,21,22)/t11-/m0/s1. The second-order valence-corrected chi connectivity index (χ2v) is 7.78. The van der Waals surface area contributed by atoms with Crippen molar-refractivity contribution in [2.24, 2.45) is 5.92 Å². The van der Waals surface area contributed by atoms with Crippen LogP contribution in [0.2, 0.25) is 5.02 Å². The summed E-state index contributed by atoms with van der Waals surface area (Å²) in [6, 6.07) is 6.75. The molecule has 0 aliphatic heterocycles. The van der Waals surface area contributed by atoms with Gasteiger partial charge in [-0.25, -0.2) is 4.79 Å². The minimum absolute atomic E-state index is 0.278. The average molecular weight is 378 g/mol. The van der Waals surface area contributed by atoms with Gasteiger partial charge >= 0.3 is 5.97 Å². The summed E-state index contributed by atoms with van der Waals surface area (Å²) < 4.78 is 5.22. The first kappa shape index (κ1) is 18.0. The molecular weight excluding hydrogens is 358 g/mol. The van der Waals surface area contributed by atoms with Gasteiger partial charge in [-0.15, -0.1) is 11.3 Å². The van der Waals surface area contributed by atoms with E-state index in [0.717, 1.165) is 24.8 Å². The van der Waals surface area contributed by atoms with Crippen LogP contribution in [0.25, 0.3) is 0 Å². The molecule has 132 valence electrons. The van der Waals surface area contributed by atoms with Crippen LogP contribution >= 0.6 is 22.9 Å². The SMILES string of the molecule is CCOC(=O)c1c(NC(=O)c2cccc(Cl)c2)sc2c1CC[C@H](C)C2. The third-order valence-corrected chi connectivity index (χ3v) is 5.71. The van der Waals surface area contributed by atoms with Crippen LogP contribution in [0.15, 0.2) is 24.3 Å². The Bertz CT molecular complexity index is 815. The van der Waals surface area contributed by atoms with Crippen LogP contribution in [0, 0.1) is 5.92 Å². The molecule has 4 nitrogen and oxygen atoms in total. The molecule has 1 N–H and O–H groups in total. The molecule has 1 aromatic heterocycles. The quantitative estimate of drug-likeness (QED) is 0.766. The lowest BCUT2D eigenvalue weighted by molar-refractivity contribution is 0.0526. The molecule has 1 aliphatic carbocycles. The van der Waals surface area contributed by atoms with Gasteiger partial charge in [-0.2, -0.15) is 0 Å². The highest BCUT2D eigenvalue weighted by Crippen LogP contribution is 2.40. The minimum atomic E-state index is -0.365. The Labute approximate surface area is 156 Å². The molecule has 3 rings (SSSR count). The Kier molecular flexibility index (Phi) is 5.45. The second-order valence-electron chi connectivity index (χ2n) is 6.24. The molecule has 0 unspecified atom stereocenters. The number of amides is 1. The van der Waals surface area contributed by atoms with E-state index in [9.17, 15) is 9.59 Å². The Balaban J connectivity index is 1.94. The van der Waals surface area contributed by atoms with Crippen molar-refractivity contribution in [2.75, 3.05) is 11.9 Å². The molecule has 1 aromatic carbocycles. The normalized spacial score (nSPS) is 16.2. The van der Waals surface area contributed by atoms with Crippen molar-refractivity contribution in [1.29, 1.82) is 0 Å². The Morgan fingerprint density at radius 3 is 2.92 bits per heavy atom. The number of nitrogens with one attached hydrogen (secondary N) is 1. The van der Waals surface area contributed by atoms with Gasteiger partial charge < -0.3 is 10.1 Å². The van der Waals surface area contributed by atoms with Crippen LogP contribution in [0.1, 0.15) is 51.4 Å². The highest BCUT2D eigenvalue weighted by Gasteiger charge is 2.29. The Morgan fingerprint density at radius 1 is 1.40 bits per heavy atom. The maximum absolute atomic E-state index is 12.6. The fraction of sp³-hybridized carbons (Fsp3) is 0.368. The number of rotatable bonds is 4. The van der Waals surface area contributed by atoms with Gasteiger partial charge in [0.1, 0.15) is 5.00 Å². The summed E-state index contributed by atoms with van der Waals surface area (Å²) in [4.78, 5) is 26.2. The van der Waals surface area contributed by atoms with E-state index in [0.29, 0.717) is 33.7 Å². The zero-order chi connectivity index (χ0) is 18.0. The van der Waals surface area contributed by atoms with E-state index >= 15 is 0 Å². The van der Waals surface area contributed by atoms with Crippen molar-refractivity contribution in [1.82, 2.24) is 0 Å². The molecule has 0 bridgehead atoms. The number of anilines is 1. The predicted octanol–water partition coefficient (Wildman–Crippen LogP) is 4.96.